The topological polar surface area (TPSA) is 103 Å². The van der Waals surface area contributed by atoms with Crippen LogP contribution < -0.4 is 11.1 Å². The molecule has 0 atom stereocenters. The minimum atomic E-state index is -0.742. The van der Waals surface area contributed by atoms with E-state index < -0.39 is 5.91 Å². The van der Waals surface area contributed by atoms with Crippen LogP contribution in [0.5, 0.6) is 0 Å². The van der Waals surface area contributed by atoms with Crippen LogP contribution in [0.25, 0.3) is 16.7 Å². The first-order chi connectivity index (χ1) is 15.0. The number of fused-ring (bicyclic) bond motifs is 2. The molecule has 0 bridgehead atoms. The molecular weight excluding hydrogens is 460 g/mol. The summed E-state index contributed by atoms with van der Waals surface area (Å²) >= 11 is 3.50. The van der Waals surface area contributed by atoms with Crippen LogP contribution >= 0.6 is 15.9 Å². The zero-order valence-electron chi connectivity index (χ0n) is 16.5. The van der Waals surface area contributed by atoms with Crippen LogP contribution in [-0.2, 0) is 12.8 Å². The second-order valence-corrected chi connectivity index (χ2v) is 8.41. The third-order valence-electron chi connectivity index (χ3n) is 5.51. The van der Waals surface area contributed by atoms with E-state index in [9.17, 15) is 9.59 Å². The van der Waals surface area contributed by atoms with Crippen molar-refractivity contribution in [2.75, 3.05) is 5.32 Å². The van der Waals surface area contributed by atoms with Crippen molar-refractivity contribution in [1.82, 2.24) is 9.78 Å². The lowest BCUT2D eigenvalue weighted by atomic mass is 9.95. The number of para-hydroxylation sites is 1. The fraction of sp³-hybridized carbons (Fsp3) is 0.174. The third-order valence-corrected chi connectivity index (χ3v) is 6.00. The first-order valence-corrected chi connectivity index (χ1v) is 10.8. The highest BCUT2D eigenvalue weighted by molar-refractivity contribution is 9.10. The van der Waals surface area contributed by atoms with Gasteiger partial charge in [-0.15, -0.1) is 0 Å². The molecule has 8 heteroatoms. The van der Waals surface area contributed by atoms with Gasteiger partial charge in [0, 0.05) is 21.1 Å². The number of rotatable bonds is 4. The normalized spacial score (nSPS) is 13.2. The minimum absolute atomic E-state index is 0.0742. The third kappa shape index (κ3) is 3.42. The average Bonchev–Trinajstić information content (AvgIpc) is 3.33. The van der Waals surface area contributed by atoms with Gasteiger partial charge in [0.05, 0.1) is 5.69 Å². The van der Waals surface area contributed by atoms with Crippen molar-refractivity contribution in [2.24, 2.45) is 5.73 Å². The van der Waals surface area contributed by atoms with Crippen LogP contribution in [0.15, 0.2) is 57.4 Å². The molecule has 1 aliphatic carbocycles. The van der Waals surface area contributed by atoms with E-state index in [0.29, 0.717) is 16.7 Å². The van der Waals surface area contributed by atoms with E-state index in [4.69, 9.17) is 10.2 Å². The van der Waals surface area contributed by atoms with Gasteiger partial charge in [-0.3, -0.25) is 9.59 Å². The molecule has 1 aliphatic rings. The molecule has 4 aromatic rings. The second-order valence-electron chi connectivity index (χ2n) is 7.49. The molecule has 0 saturated heterocycles. The SMILES string of the molecule is NC(=O)c1oc2ccccc2c1NC(=O)c1nn(-c2cccc(Br)c2)c2c1CCCC2. The summed E-state index contributed by atoms with van der Waals surface area (Å²) in [6.07, 6.45) is 3.68. The lowest BCUT2D eigenvalue weighted by Crippen LogP contribution is -2.19. The molecule has 0 radical (unpaired) electrons. The van der Waals surface area contributed by atoms with Gasteiger partial charge in [-0.1, -0.05) is 34.1 Å². The molecule has 2 amide bonds. The van der Waals surface area contributed by atoms with Crippen LogP contribution in [0.3, 0.4) is 0 Å². The van der Waals surface area contributed by atoms with Crippen molar-refractivity contribution in [3.8, 4) is 5.69 Å². The van der Waals surface area contributed by atoms with Gasteiger partial charge in [0.2, 0.25) is 5.76 Å². The van der Waals surface area contributed by atoms with E-state index in [1.807, 2.05) is 35.0 Å². The van der Waals surface area contributed by atoms with Gasteiger partial charge < -0.3 is 15.5 Å². The number of aromatic nitrogens is 2. The van der Waals surface area contributed by atoms with Crippen molar-refractivity contribution < 1.29 is 14.0 Å². The van der Waals surface area contributed by atoms with Gasteiger partial charge in [-0.2, -0.15) is 5.10 Å². The van der Waals surface area contributed by atoms with Crippen LogP contribution in [-0.4, -0.2) is 21.6 Å². The molecule has 31 heavy (non-hydrogen) atoms. The van der Waals surface area contributed by atoms with E-state index in [-0.39, 0.29) is 17.4 Å². The Hall–Kier alpha value is -3.39. The summed E-state index contributed by atoms with van der Waals surface area (Å²) in [6.45, 7) is 0. The predicted octanol–water partition coefficient (Wildman–Crippen LogP) is 4.61. The van der Waals surface area contributed by atoms with Gasteiger partial charge in [-0.25, -0.2) is 4.68 Å². The van der Waals surface area contributed by atoms with Crippen LogP contribution in [0.1, 0.15) is 45.1 Å². The molecule has 2 aromatic heterocycles. The predicted molar refractivity (Wildman–Crippen MR) is 121 cm³/mol. The molecular formula is C23H19BrN4O3. The Kier molecular flexibility index (Phi) is 4.86. The average molecular weight is 479 g/mol. The highest BCUT2D eigenvalue weighted by atomic mass is 79.9. The second kappa shape index (κ2) is 7.70. The number of carbonyl (C=O) groups is 2. The number of carbonyl (C=O) groups excluding carboxylic acids is 2. The molecule has 0 saturated carbocycles. The zero-order valence-corrected chi connectivity index (χ0v) is 18.1. The number of nitrogens with zero attached hydrogens (tertiary/aromatic N) is 2. The summed E-state index contributed by atoms with van der Waals surface area (Å²) in [4.78, 5) is 25.2. The van der Waals surface area contributed by atoms with Crippen molar-refractivity contribution in [1.29, 1.82) is 0 Å². The summed E-state index contributed by atoms with van der Waals surface area (Å²) in [5.74, 6) is -1.20. The highest BCUT2D eigenvalue weighted by Crippen LogP contribution is 2.32. The molecule has 7 nitrogen and oxygen atoms in total. The Bertz CT molecular complexity index is 1340. The minimum Gasteiger partial charge on any atom is -0.449 e. The van der Waals surface area contributed by atoms with E-state index in [1.54, 1.807) is 18.2 Å². The van der Waals surface area contributed by atoms with Crippen molar-refractivity contribution in [3.05, 3.63) is 75.7 Å². The van der Waals surface area contributed by atoms with Crippen molar-refractivity contribution in [3.63, 3.8) is 0 Å². The molecule has 2 heterocycles. The Morgan fingerprint density at radius 1 is 1.10 bits per heavy atom. The van der Waals surface area contributed by atoms with Crippen LogP contribution in [0, 0.1) is 0 Å². The first kappa shape index (κ1) is 19.6. The van der Waals surface area contributed by atoms with Gasteiger partial charge in [-0.05, 0) is 56.0 Å². The van der Waals surface area contributed by atoms with Crippen molar-refractivity contribution in [2.45, 2.75) is 25.7 Å². The molecule has 5 rings (SSSR count). The molecule has 0 fully saturated rings. The number of amides is 2. The van der Waals surface area contributed by atoms with Crippen LogP contribution in [0.4, 0.5) is 5.69 Å². The number of hydrogen-bond donors (Lipinski definition) is 2. The summed E-state index contributed by atoms with van der Waals surface area (Å²) in [5.41, 5.74) is 9.47. The number of nitrogens with one attached hydrogen (secondary N) is 1. The summed E-state index contributed by atoms with van der Waals surface area (Å²) in [7, 11) is 0. The molecule has 0 unspecified atom stereocenters. The lowest BCUT2D eigenvalue weighted by Gasteiger charge is -2.14. The number of hydrogen-bond acceptors (Lipinski definition) is 4. The zero-order chi connectivity index (χ0) is 21.5. The maximum atomic E-state index is 13.3. The number of primary amides is 1. The summed E-state index contributed by atoms with van der Waals surface area (Å²) in [6, 6.07) is 14.9. The van der Waals surface area contributed by atoms with Gasteiger partial charge >= 0.3 is 0 Å². The maximum absolute atomic E-state index is 13.3. The van der Waals surface area contributed by atoms with E-state index >= 15 is 0 Å². The Balaban J connectivity index is 1.59. The van der Waals surface area contributed by atoms with Crippen molar-refractivity contribution >= 4 is 44.4 Å². The van der Waals surface area contributed by atoms with Gasteiger partial charge in [0.25, 0.3) is 11.8 Å². The largest absolute Gasteiger partial charge is 0.449 e. The monoisotopic (exact) mass is 478 g/mol. The standard InChI is InChI=1S/C23H19BrN4O3/c24-13-6-5-7-14(12-13)28-17-10-3-1-8-15(17)20(27-28)23(30)26-19-16-9-2-4-11-18(16)31-21(19)22(25)29/h2,4-7,9,11-12H,1,3,8,10H2,(H2,25,29)(H,26,30). The number of anilines is 1. The maximum Gasteiger partial charge on any atom is 0.286 e. The Labute approximate surface area is 186 Å². The fourth-order valence-corrected chi connectivity index (χ4v) is 4.51. The Morgan fingerprint density at radius 2 is 1.90 bits per heavy atom. The first-order valence-electron chi connectivity index (χ1n) is 10.0. The number of benzene rings is 2. The number of nitrogens with two attached hydrogens (primary N) is 1. The number of furan rings is 1. The molecule has 156 valence electrons. The van der Waals surface area contributed by atoms with E-state index in [2.05, 4.69) is 26.3 Å². The van der Waals surface area contributed by atoms with Gasteiger partial charge in [0.1, 0.15) is 11.3 Å². The van der Waals surface area contributed by atoms with Crippen LogP contribution in [0.2, 0.25) is 0 Å². The molecule has 0 spiro atoms. The van der Waals surface area contributed by atoms with E-state index in [1.165, 1.54) is 0 Å². The Morgan fingerprint density at radius 3 is 2.71 bits per heavy atom. The summed E-state index contributed by atoms with van der Waals surface area (Å²) < 4.78 is 8.36. The smallest absolute Gasteiger partial charge is 0.286 e. The summed E-state index contributed by atoms with van der Waals surface area (Å²) in [5, 5.41) is 8.13. The quantitative estimate of drug-likeness (QED) is 0.446. The lowest BCUT2D eigenvalue weighted by molar-refractivity contribution is 0.0977. The van der Waals surface area contributed by atoms with E-state index in [0.717, 1.165) is 47.1 Å². The number of halogens is 1. The molecule has 3 N–H and O–H groups in total. The van der Waals surface area contributed by atoms with Gasteiger partial charge in [0.15, 0.2) is 5.69 Å². The molecule has 0 aliphatic heterocycles. The highest BCUT2D eigenvalue weighted by Gasteiger charge is 2.28. The molecule has 2 aromatic carbocycles. The fourth-order valence-electron chi connectivity index (χ4n) is 4.12.